The fraction of sp³-hybridized carbons (Fsp3) is 0.750. The Kier molecular flexibility index (Phi) is 33.9. The summed E-state index contributed by atoms with van der Waals surface area (Å²) in [5.74, 6) is 0.437. The zero-order valence-electron chi connectivity index (χ0n) is 33.7. The number of ether oxygens (including phenoxy) is 3. The van der Waals surface area contributed by atoms with E-state index < -0.39 is 0 Å². The predicted molar refractivity (Wildman–Crippen MR) is 214 cm³/mol. The number of esters is 3. The first kappa shape index (κ1) is 48.3. The predicted octanol–water partition coefficient (Wildman–Crippen LogP) is 11.3. The molecule has 0 aromatic rings. The van der Waals surface area contributed by atoms with Gasteiger partial charge in [-0.25, -0.2) is 0 Å². The van der Waals surface area contributed by atoms with Gasteiger partial charge in [0.05, 0.1) is 14.2 Å². The molecule has 7 heteroatoms. The topological polar surface area (TPSA) is 82.1 Å². The fourth-order valence-electron chi connectivity index (χ4n) is 6.02. The summed E-state index contributed by atoms with van der Waals surface area (Å²) in [5, 5.41) is 0. The third kappa shape index (κ3) is 34.2. The molecule has 0 spiro atoms. The van der Waals surface area contributed by atoms with E-state index in [1.807, 2.05) is 12.2 Å². The molecule has 0 rings (SSSR count). The van der Waals surface area contributed by atoms with Gasteiger partial charge >= 0.3 is 17.9 Å². The molecule has 0 aliphatic heterocycles. The van der Waals surface area contributed by atoms with Crippen molar-refractivity contribution in [1.82, 2.24) is 4.90 Å². The maximum atomic E-state index is 12.9. The smallest absolute Gasteiger partial charge is 0.306 e. The highest BCUT2D eigenvalue weighted by Gasteiger charge is 2.20. The summed E-state index contributed by atoms with van der Waals surface area (Å²) in [6.07, 6.45) is 40.9. The number of allylic oxidation sites excluding steroid dienone is 8. The monoisotopic (exact) mass is 716 g/mol. The number of hydrogen-bond donors (Lipinski definition) is 0. The Morgan fingerprint density at radius 2 is 0.902 bits per heavy atom. The van der Waals surface area contributed by atoms with Gasteiger partial charge in [-0.1, -0.05) is 114 Å². The highest BCUT2D eigenvalue weighted by Crippen LogP contribution is 2.21. The largest absolute Gasteiger partial charge is 0.469 e. The maximum Gasteiger partial charge on any atom is 0.306 e. The minimum atomic E-state index is -0.157. The number of carbonyl (C=O) groups is 3. The van der Waals surface area contributed by atoms with Crippen LogP contribution in [0.4, 0.5) is 0 Å². The molecule has 0 amide bonds. The van der Waals surface area contributed by atoms with Gasteiger partial charge in [0.15, 0.2) is 0 Å². The van der Waals surface area contributed by atoms with Crippen LogP contribution in [-0.4, -0.2) is 63.8 Å². The summed E-state index contributed by atoms with van der Waals surface area (Å²) in [6, 6.07) is 0. The first-order valence-corrected chi connectivity index (χ1v) is 20.3. The van der Waals surface area contributed by atoms with Crippen LogP contribution in [0.5, 0.6) is 0 Å². The molecule has 7 nitrogen and oxygen atoms in total. The number of rotatable bonds is 34. The Morgan fingerprint density at radius 1 is 0.510 bits per heavy atom. The maximum absolute atomic E-state index is 12.9. The molecule has 0 fully saturated rings. The third-order valence-electron chi connectivity index (χ3n) is 9.40. The lowest BCUT2D eigenvalue weighted by Crippen LogP contribution is -2.27. The lowest BCUT2D eigenvalue weighted by atomic mass is 9.92. The number of methoxy groups -OCH3 is 2. The van der Waals surface area contributed by atoms with Crippen LogP contribution in [0.2, 0.25) is 0 Å². The number of nitrogens with zero attached hydrogens (tertiary/aromatic N) is 1. The van der Waals surface area contributed by atoms with Gasteiger partial charge in [0.2, 0.25) is 0 Å². The van der Waals surface area contributed by atoms with Gasteiger partial charge in [-0.2, -0.15) is 0 Å². The van der Waals surface area contributed by atoms with Crippen LogP contribution in [0.3, 0.4) is 0 Å². The molecule has 0 radical (unpaired) electrons. The first-order chi connectivity index (χ1) is 24.7. The number of carbonyl (C=O) groups excluding carboxylic acids is 3. The Labute approximate surface area is 313 Å². The highest BCUT2D eigenvalue weighted by atomic mass is 16.5. The second kappa shape index (κ2) is 35.7. The summed E-state index contributed by atoms with van der Waals surface area (Å²) < 4.78 is 15.4. The SMILES string of the molecule is COC(=O)CC/C=C\C/C=C\CCCCCCCCC(CCCCCCCC/C=C\C/C=C\CCC(=O)OC)OC(=O)CC(C)C(C)CN(C)C. The minimum absolute atomic E-state index is 0.0208. The molecule has 2 unspecified atom stereocenters. The molecular formula is C44H77NO6. The van der Waals surface area contributed by atoms with E-state index in [1.54, 1.807) is 0 Å². The van der Waals surface area contributed by atoms with Crippen molar-refractivity contribution in [3.05, 3.63) is 48.6 Å². The van der Waals surface area contributed by atoms with Crippen molar-refractivity contribution in [2.24, 2.45) is 11.8 Å². The van der Waals surface area contributed by atoms with E-state index in [0.717, 1.165) is 70.8 Å². The molecular weight excluding hydrogens is 638 g/mol. The van der Waals surface area contributed by atoms with Crippen molar-refractivity contribution in [2.45, 2.75) is 168 Å². The summed E-state index contributed by atoms with van der Waals surface area (Å²) >= 11 is 0. The average Bonchev–Trinajstić information content (AvgIpc) is 3.10. The second-order valence-electron chi connectivity index (χ2n) is 14.5. The normalized spacial score (nSPS) is 13.3. The highest BCUT2D eigenvalue weighted by molar-refractivity contribution is 5.70. The van der Waals surface area contributed by atoms with Crippen molar-refractivity contribution >= 4 is 17.9 Å². The van der Waals surface area contributed by atoms with E-state index >= 15 is 0 Å². The second-order valence-corrected chi connectivity index (χ2v) is 14.5. The third-order valence-corrected chi connectivity index (χ3v) is 9.40. The van der Waals surface area contributed by atoms with Gasteiger partial charge in [0, 0.05) is 25.8 Å². The average molecular weight is 716 g/mol. The Morgan fingerprint density at radius 3 is 1.31 bits per heavy atom. The van der Waals surface area contributed by atoms with Crippen LogP contribution in [0, 0.1) is 11.8 Å². The van der Waals surface area contributed by atoms with Crippen molar-refractivity contribution < 1.29 is 28.6 Å². The Balaban J connectivity index is 4.28. The quantitative estimate of drug-likeness (QED) is 0.0284. The van der Waals surface area contributed by atoms with E-state index in [2.05, 4.69) is 78.8 Å². The zero-order chi connectivity index (χ0) is 37.8. The lowest BCUT2D eigenvalue weighted by Gasteiger charge is -2.24. The lowest BCUT2D eigenvalue weighted by molar-refractivity contribution is -0.151. The van der Waals surface area contributed by atoms with Crippen molar-refractivity contribution in [3.63, 3.8) is 0 Å². The molecule has 0 aliphatic rings. The summed E-state index contributed by atoms with van der Waals surface area (Å²) in [6.45, 7) is 5.39. The van der Waals surface area contributed by atoms with Crippen LogP contribution >= 0.6 is 0 Å². The van der Waals surface area contributed by atoms with Crippen molar-refractivity contribution in [3.8, 4) is 0 Å². The first-order valence-electron chi connectivity index (χ1n) is 20.3. The summed E-state index contributed by atoms with van der Waals surface area (Å²) in [4.78, 5) is 37.4. The molecule has 0 heterocycles. The Hall–Kier alpha value is -2.67. The Bertz CT molecular complexity index is 911. The fourth-order valence-corrected chi connectivity index (χ4v) is 6.02. The van der Waals surface area contributed by atoms with Crippen LogP contribution < -0.4 is 0 Å². The molecule has 0 aliphatic carbocycles. The molecule has 0 aromatic heterocycles. The van der Waals surface area contributed by atoms with Gasteiger partial charge < -0.3 is 19.1 Å². The van der Waals surface area contributed by atoms with Crippen molar-refractivity contribution in [2.75, 3.05) is 34.9 Å². The number of unbranched alkanes of at least 4 members (excludes halogenated alkanes) is 12. The van der Waals surface area contributed by atoms with Gasteiger partial charge in [0.25, 0.3) is 0 Å². The van der Waals surface area contributed by atoms with E-state index in [4.69, 9.17) is 4.74 Å². The molecule has 0 aromatic carbocycles. The van der Waals surface area contributed by atoms with Gasteiger partial charge in [-0.05, 0) is 103 Å². The van der Waals surface area contributed by atoms with E-state index in [-0.39, 0.29) is 24.0 Å². The van der Waals surface area contributed by atoms with E-state index in [1.165, 1.54) is 78.4 Å². The van der Waals surface area contributed by atoms with E-state index in [0.29, 0.717) is 31.1 Å². The van der Waals surface area contributed by atoms with E-state index in [9.17, 15) is 14.4 Å². The molecule has 294 valence electrons. The van der Waals surface area contributed by atoms with Crippen LogP contribution in [0.25, 0.3) is 0 Å². The van der Waals surface area contributed by atoms with Crippen LogP contribution in [-0.2, 0) is 28.6 Å². The standard InChI is InChI=1S/C44H77NO6/c1-39(40(2)38-45(3)4)37-44(48)51-41(33-29-25-21-17-13-9-7-11-15-19-23-27-31-35-42(46)49-5)34-30-26-22-18-14-10-8-12-16-20-24-28-32-36-43(47)50-6/h11-12,15-16,23-24,27-28,39-41H,7-10,13-14,17-22,25-26,29-38H2,1-6H3/b15-11-,16-12-,27-23-,28-24-. The van der Waals surface area contributed by atoms with Gasteiger partial charge in [0.1, 0.15) is 6.10 Å². The molecule has 2 atom stereocenters. The van der Waals surface area contributed by atoms with Gasteiger partial charge in [-0.3, -0.25) is 14.4 Å². The van der Waals surface area contributed by atoms with Crippen LogP contribution in [0.1, 0.15) is 162 Å². The van der Waals surface area contributed by atoms with Gasteiger partial charge in [-0.15, -0.1) is 0 Å². The molecule has 51 heavy (non-hydrogen) atoms. The number of hydrogen-bond acceptors (Lipinski definition) is 7. The molecule has 0 bridgehead atoms. The molecule has 0 saturated carbocycles. The summed E-state index contributed by atoms with van der Waals surface area (Å²) in [5.41, 5.74) is 0. The zero-order valence-corrected chi connectivity index (χ0v) is 33.7. The molecule has 0 N–H and O–H groups in total. The van der Waals surface area contributed by atoms with Crippen molar-refractivity contribution in [1.29, 1.82) is 0 Å². The minimum Gasteiger partial charge on any atom is -0.469 e. The van der Waals surface area contributed by atoms with Crippen LogP contribution in [0.15, 0.2) is 48.6 Å². The summed E-state index contributed by atoms with van der Waals surface area (Å²) in [7, 11) is 7.03. The molecule has 0 saturated heterocycles.